The van der Waals surface area contributed by atoms with Crippen molar-refractivity contribution in [2.75, 3.05) is 5.32 Å². The molecule has 0 atom stereocenters. The summed E-state index contributed by atoms with van der Waals surface area (Å²) in [6.45, 7) is 3.42. The highest BCUT2D eigenvalue weighted by Gasteiger charge is 2.11. The lowest BCUT2D eigenvalue weighted by Gasteiger charge is -2.05. The summed E-state index contributed by atoms with van der Waals surface area (Å²) in [5, 5.41) is 2.32. The van der Waals surface area contributed by atoms with Crippen molar-refractivity contribution in [2.24, 2.45) is 5.92 Å². The maximum absolute atomic E-state index is 12.8. The summed E-state index contributed by atoms with van der Waals surface area (Å²) >= 11 is 0. The van der Waals surface area contributed by atoms with E-state index in [4.69, 9.17) is 0 Å². The zero-order valence-electron chi connectivity index (χ0n) is 7.41. The number of hydrogen-bond acceptors (Lipinski definition) is 3. The van der Waals surface area contributed by atoms with Gasteiger partial charge in [0.1, 0.15) is 0 Å². The summed E-state index contributed by atoms with van der Waals surface area (Å²) in [7, 11) is 0. The van der Waals surface area contributed by atoms with Gasteiger partial charge in [0.2, 0.25) is 5.91 Å². The molecule has 1 N–H and O–H groups in total. The van der Waals surface area contributed by atoms with Gasteiger partial charge in [0.15, 0.2) is 5.82 Å². The molecule has 1 aromatic heterocycles. The molecule has 70 valence electrons. The largest absolute Gasteiger partial charge is 0.307 e. The normalized spacial score (nSPS) is 10.2. The molecule has 0 saturated heterocycles. The van der Waals surface area contributed by atoms with Crippen molar-refractivity contribution >= 4 is 11.7 Å². The van der Waals surface area contributed by atoms with Crippen LogP contribution in [0, 0.1) is 11.9 Å². The highest BCUT2D eigenvalue weighted by atomic mass is 19.1. The number of nitrogens with zero attached hydrogens (tertiary/aromatic N) is 2. The zero-order valence-corrected chi connectivity index (χ0v) is 7.41. The van der Waals surface area contributed by atoms with Gasteiger partial charge in [0, 0.05) is 18.3 Å². The predicted molar refractivity (Wildman–Crippen MR) is 45.5 cm³/mol. The summed E-state index contributed by atoms with van der Waals surface area (Å²) < 4.78 is 12.8. The molecular weight excluding hydrogens is 173 g/mol. The highest BCUT2D eigenvalue weighted by molar-refractivity contribution is 5.91. The average molecular weight is 183 g/mol. The first-order chi connectivity index (χ1) is 6.11. The molecular formula is C8H10FN3O. The lowest BCUT2D eigenvalue weighted by Crippen LogP contribution is -2.19. The number of rotatable bonds is 2. The van der Waals surface area contributed by atoms with Gasteiger partial charge < -0.3 is 5.32 Å². The van der Waals surface area contributed by atoms with E-state index in [9.17, 15) is 9.18 Å². The average Bonchev–Trinajstić information content (AvgIpc) is 2.08. The molecule has 1 aromatic rings. The van der Waals surface area contributed by atoms with Crippen LogP contribution in [-0.2, 0) is 4.79 Å². The number of halogens is 1. The van der Waals surface area contributed by atoms with Crippen molar-refractivity contribution in [3.63, 3.8) is 0 Å². The molecule has 0 aliphatic carbocycles. The second kappa shape index (κ2) is 3.93. The van der Waals surface area contributed by atoms with Crippen molar-refractivity contribution in [2.45, 2.75) is 13.8 Å². The molecule has 0 bridgehead atoms. The zero-order chi connectivity index (χ0) is 9.84. The standard InChI is InChI=1S/C8H10FN3O/c1-5(2)8(13)12-7-6(9)10-3-4-11-7/h3-5H,1-2H3,(H,11,12,13). The summed E-state index contributed by atoms with van der Waals surface area (Å²) in [5.74, 6) is -1.38. The van der Waals surface area contributed by atoms with Crippen LogP contribution in [0.4, 0.5) is 10.2 Å². The van der Waals surface area contributed by atoms with Crippen LogP contribution in [0.3, 0.4) is 0 Å². The van der Waals surface area contributed by atoms with E-state index in [-0.39, 0.29) is 17.6 Å². The van der Waals surface area contributed by atoms with E-state index in [2.05, 4.69) is 15.3 Å². The fraction of sp³-hybridized carbons (Fsp3) is 0.375. The van der Waals surface area contributed by atoms with E-state index < -0.39 is 5.95 Å². The molecule has 4 nitrogen and oxygen atoms in total. The van der Waals surface area contributed by atoms with E-state index in [1.807, 2.05) is 0 Å². The fourth-order valence-electron chi connectivity index (χ4n) is 0.666. The molecule has 0 fully saturated rings. The van der Waals surface area contributed by atoms with Crippen LogP contribution in [0.25, 0.3) is 0 Å². The Balaban J connectivity index is 2.75. The molecule has 1 rings (SSSR count). The van der Waals surface area contributed by atoms with Crippen molar-refractivity contribution < 1.29 is 9.18 Å². The summed E-state index contributed by atoms with van der Waals surface area (Å²) in [6, 6.07) is 0. The topological polar surface area (TPSA) is 54.9 Å². The van der Waals surface area contributed by atoms with E-state index in [0.717, 1.165) is 0 Å². The van der Waals surface area contributed by atoms with Gasteiger partial charge in [-0.2, -0.15) is 4.39 Å². The van der Waals surface area contributed by atoms with Crippen LogP contribution in [-0.4, -0.2) is 15.9 Å². The molecule has 1 heterocycles. The molecule has 0 aromatic carbocycles. The third-order valence-corrected chi connectivity index (χ3v) is 1.42. The van der Waals surface area contributed by atoms with E-state index in [1.165, 1.54) is 12.4 Å². The first-order valence-corrected chi connectivity index (χ1v) is 3.88. The Labute approximate surface area is 75.2 Å². The van der Waals surface area contributed by atoms with Crippen LogP contribution in [0.5, 0.6) is 0 Å². The number of nitrogens with one attached hydrogen (secondary N) is 1. The smallest absolute Gasteiger partial charge is 0.256 e. The van der Waals surface area contributed by atoms with E-state index >= 15 is 0 Å². The predicted octanol–water partition coefficient (Wildman–Crippen LogP) is 1.21. The Morgan fingerprint density at radius 1 is 1.46 bits per heavy atom. The molecule has 1 amide bonds. The molecule has 0 unspecified atom stereocenters. The molecule has 0 radical (unpaired) electrons. The number of carbonyl (C=O) groups excluding carboxylic acids is 1. The minimum atomic E-state index is -0.767. The Morgan fingerprint density at radius 2 is 2.08 bits per heavy atom. The van der Waals surface area contributed by atoms with Gasteiger partial charge in [0.25, 0.3) is 5.95 Å². The molecule has 0 spiro atoms. The summed E-state index contributed by atoms with van der Waals surface area (Å²) in [4.78, 5) is 18.1. The van der Waals surface area contributed by atoms with Gasteiger partial charge >= 0.3 is 0 Å². The molecule has 0 aliphatic heterocycles. The highest BCUT2D eigenvalue weighted by Crippen LogP contribution is 2.06. The van der Waals surface area contributed by atoms with Crippen LogP contribution < -0.4 is 5.32 Å². The maximum Gasteiger partial charge on any atom is 0.256 e. The first-order valence-electron chi connectivity index (χ1n) is 3.88. The van der Waals surface area contributed by atoms with Crippen LogP contribution in [0.2, 0.25) is 0 Å². The number of amides is 1. The van der Waals surface area contributed by atoms with Crippen molar-refractivity contribution in [1.82, 2.24) is 9.97 Å². The molecule has 13 heavy (non-hydrogen) atoms. The van der Waals surface area contributed by atoms with E-state index in [0.29, 0.717) is 0 Å². The molecule has 5 heteroatoms. The minimum absolute atomic E-state index is 0.124. The Hall–Kier alpha value is -1.52. The van der Waals surface area contributed by atoms with Gasteiger partial charge in [-0.25, -0.2) is 9.97 Å². The molecule has 0 aliphatic rings. The monoisotopic (exact) mass is 183 g/mol. The Kier molecular flexibility index (Phi) is 2.89. The molecule has 0 saturated carbocycles. The number of aromatic nitrogens is 2. The number of carbonyl (C=O) groups is 1. The summed E-state index contributed by atoms with van der Waals surface area (Å²) in [6.07, 6.45) is 2.54. The third-order valence-electron chi connectivity index (χ3n) is 1.42. The fourth-order valence-corrected chi connectivity index (χ4v) is 0.666. The number of hydrogen-bond donors (Lipinski definition) is 1. The lowest BCUT2D eigenvalue weighted by atomic mass is 10.2. The van der Waals surface area contributed by atoms with Gasteiger partial charge in [0.05, 0.1) is 0 Å². The van der Waals surface area contributed by atoms with Crippen molar-refractivity contribution in [1.29, 1.82) is 0 Å². The van der Waals surface area contributed by atoms with Gasteiger partial charge in [-0.3, -0.25) is 4.79 Å². The van der Waals surface area contributed by atoms with Gasteiger partial charge in [-0.1, -0.05) is 13.8 Å². The van der Waals surface area contributed by atoms with Crippen molar-refractivity contribution in [3.05, 3.63) is 18.3 Å². The maximum atomic E-state index is 12.8. The van der Waals surface area contributed by atoms with Crippen molar-refractivity contribution in [3.8, 4) is 0 Å². The SMILES string of the molecule is CC(C)C(=O)Nc1nccnc1F. The van der Waals surface area contributed by atoms with Gasteiger partial charge in [-0.15, -0.1) is 0 Å². The van der Waals surface area contributed by atoms with Crippen LogP contribution in [0.1, 0.15) is 13.8 Å². The van der Waals surface area contributed by atoms with Gasteiger partial charge in [-0.05, 0) is 0 Å². The summed E-state index contributed by atoms with van der Waals surface area (Å²) in [5.41, 5.74) is 0. The lowest BCUT2D eigenvalue weighted by molar-refractivity contribution is -0.118. The third kappa shape index (κ3) is 2.47. The first kappa shape index (κ1) is 9.57. The van der Waals surface area contributed by atoms with E-state index in [1.54, 1.807) is 13.8 Å². The number of anilines is 1. The Bertz CT molecular complexity index is 314. The van der Waals surface area contributed by atoms with Crippen LogP contribution >= 0.6 is 0 Å². The second-order valence-electron chi connectivity index (χ2n) is 2.84. The second-order valence-corrected chi connectivity index (χ2v) is 2.84. The van der Waals surface area contributed by atoms with Crippen LogP contribution in [0.15, 0.2) is 12.4 Å². The minimum Gasteiger partial charge on any atom is -0.307 e. The Morgan fingerprint density at radius 3 is 2.62 bits per heavy atom. The quantitative estimate of drug-likeness (QED) is 0.749.